The van der Waals surface area contributed by atoms with Crippen molar-refractivity contribution in [3.63, 3.8) is 0 Å². The van der Waals surface area contributed by atoms with E-state index in [1.807, 2.05) is 30.5 Å². The monoisotopic (exact) mass is 401 g/mol. The smallest absolute Gasteiger partial charge is 0.203 e. The van der Waals surface area contributed by atoms with Crippen molar-refractivity contribution in [3.05, 3.63) is 44.6 Å². The van der Waals surface area contributed by atoms with Crippen LogP contribution in [-0.4, -0.2) is 33.1 Å². The number of thiophene rings is 1. The van der Waals surface area contributed by atoms with Crippen molar-refractivity contribution in [2.24, 2.45) is 10.7 Å². The number of nitrogens with two attached hydrogens (primary N) is 1. The van der Waals surface area contributed by atoms with Crippen molar-refractivity contribution in [2.45, 2.75) is 12.5 Å². The SMILES string of the molecule is C=S1(=O)C[C@@](C)(c2cc(-c3cc(Cl)cc(Cl)c3)cs2)N=C(N)N1C. The third kappa shape index (κ3) is 3.16. The van der Waals surface area contributed by atoms with E-state index >= 15 is 0 Å². The summed E-state index contributed by atoms with van der Waals surface area (Å²) in [5, 5.41) is 3.18. The predicted molar refractivity (Wildman–Crippen MR) is 107 cm³/mol. The molecule has 1 aliphatic heterocycles. The van der Waals surface area contributed by atoms with Gasteiger partial charge in [-0.15, -0.1) is 11.3 Å². The highest BCUT2D eigenvalue weighted by molar-refractivity contribution is 7.98. The maximum absolute atomic E-state index is 12.7. The highest BCUT2D eigenvalue weighted by atomic mass is 35.5. The maximum atomic E-state index is 12.7. The molecule has 0 radical (unpaired) electrons. The van der Waals surface area contributed by atoms with Gasteiger partial charge < -0.3 is 5.73 Å². The van der Waals surface area contributed by atoms with E-state index in [2.05, 4.69) is 10.9 Å². The van der Waals surface area contributed by atoms with Gasteiger partial charge in [0.25, 0.3) is 0 Å². The minimum absolute atomic E-state index is 0.240. The van der Waals surface area contributed by atoms with Crippen LogP contribution in [0.5, 0.6) is 0 Å². The largest absolute Gasteiger partial charge is 0.369 e. The second-order valence-electron chi connectivity index (χ2n) is 6.02. The Bertz CT molecular complexity index is 916. The molecule has 8 heteroatoms. The summed E-state index contributed by atoms with van der Waals surface area (Å²) < 4.78 is 14.2. The fourth-order valence-electron chi connectivity index (χ4n) is 2.68. The lowest BCUT2D eigenvalue weighted by atomic mass is 10.0. The van der Waals surface area contributed by atoms with E-state index in [0.717, 1.165) is 16.0 Å². The molecule has 0 spiro atoms. The molecular formula is C16H17Cl2N3OS2. The van der Waals surface area contributed by atoms with Crippen LogP contribution >= 0.6 is 34.5 Å². The second kappa shape index (κ2) is 5.95. The van der Waals surface area contributed by atoms with Crippen molar-refractivity contribution in [2.75, 3.05) is 12.8 Å². The molecule has 2 N–H and O–H groups in total. The number of guanidine groups is 1. The van der Waals surface area contributed by atoms with E-state index in [-0.39, 0.29) is 5.96 Å². The Labute approximate surface area is 156 Å². The molecule has 2 heterocycles. The fraction of sp³-hybridized carbons (Fsp3) is 0.250. The van der Waals surface area contributed by atoms with Gasteiger partial charge in [-0.3, -0.25) is 4.31 Å². The fourth-order valence-corrected chi connectivity index (χ4v) is 5.99. The zero-order chi connectivity index (χ0) is 17.7. The van der Waals surface area contributed by atoms with Gasteiger partial charge in [-0.25, -0.2) is 9.20 Å². The third-order valence-corrected chi connectivity index (χ3v) is 7.83. The number of nitrogens with zero attached hydrogens (tertiary/aromatic N) is 2. The molecular weight excluding hydrogens is 385 g/mol. The first-order valence-corrected chi connectivity index (χ1v) is 10.6. The maximum Gasteiger partial charge on any atom is 0.203 e. The molecule has 0 aliphatic carbocycles. The zero-order valence-corrected chi connectivity index (χ0v) is 16.4. The van der Waals surface area contributed by atoms with Gasteiger partial charge >= 0.3 is 0 Å². The van der Waals surface area contributed by atoms with Crippen LogP contribution in [0, 0.1) is 0 Å². The molecule has 1 aromatic carbocycles. The third-order valence-electron chi connectivity index (χ3n) is 4.02. The van der Waals surface area contributed by atoms with Crippen LogP contribution in [-0.2, 0) is 15.2 Å². The first-order chi connectivity index (χ1) is 11.1. The Hall–Kier alpha value is -1.21. The molecule has 1 unspecified atom stereocenters. The molecule has 1 aromatic heterocycles. The Balaban J connectivity index is 2.04. The van der Waals surface area contributed by atoms with Gasteiger partial charge in [-0.05, 0) is 53.6 Å². The summed E-state index contributed by atoms with van der Waals surface area (Å²) in [7, 11) is -0.839. The summed E-state index contributed by atoms with van der Waals surface area (Å²) in [5.74, 6) is 4.39. The molecule has 0 fully saturated rings. The summed E-state index contributed by atoms with van der Waals surface area (Å²) in [4.78, 5) is 5.54. The second-order valence-corrected chi connectivity index (χ2v) is 10.2. The van der Waals surface area contributed by atoms with Crippen molar-refractivity contribution < 1.29 is 4.21 Å². The quantitative estimate of drug-likeness (QED) is 0.777. The van der Waals surface area contributed by atoms with E-state index in [0.29, 0.717) is 15.8 Å². The van der Waals surface area contributed by atoms with Crippen molar-refractivity contribution in [1.82, 2.24) is 4.31 Å². The Morgan fingerprint density at radius 1 is 1.29 bits per heavy atom. The minimum Gasteiger partial charge on any atom is -0.369 e. The van der Waals surface area contributed by atoms with Gasteiger partial charge in [-0.1, -0.05) is 23.2 Å². The van der Waals surface area contributed by atoms with Crippen molar-refractivity contribution in [3.8, 4) is 11.1 Å². The average molecular weight is 402 g/mol. The molecule has 1 aliphatic rings. The lowest BCUT2D eigenvalue weighted by molar-refractivity contribution is 0.522. The van der Waals surface area contributed by atoms with Crippen LogP contribution in [0.25, 0.3) is 11.1 Å². The highest BCUT2D eigenvalue weighted by Crippen LogP contribution is 2.39. The number of aliphatic imine (C=N–C) groups is 1. The average Bonchev–Trinajstić information content (AvgIpc) is 2.94. The lowest BCUT2D eigenvalue weighted by Gasteiger charge is -2.36. The number of rotatable bonds is 2. The van der Waals surface area contributed by atoms with E-state index < -0.39 is 15.2 Å². The van der Waals surface area contributed by atoms with E-state index in [9.17, 15) is 4.21 Å². The summed E-state index contributed by atoms with van der Waals surface area (Å²) in [6.45, 7) is 1.93. The van der Waals surface area contributed by atoms with Crippen LogP contribution in [0.15, 0.2) is 34.6 Å². The van der Waals surface area contributed by atoms with E-state index in [4.69, 9.17) is 28.9 Å². The van der Waals surface area contributed by atoms with Gasteiger partial charge in [0.15, 0.2) is 0 Å². The highest BCUT2D eigenvalue weighted by Gasteiger charge is 2.38. The molecule has 0 saturated heterocycles. The van der Waals surface area contributed by atoms with Crippen molar-refractivity contribution in [1.29, 1.82) is 0 Å². The summed E-state index contributed by atoms with van der Waals surface area (Å²) in [6.07, 6.45) is 0. The molecule has 0 bridgehead atoms. The summed E-state index contributed by atoms with van der Waals surface area (Å²) >= 11 is 13.7. The summed E-state index contributed by atoms with van der Waals surface area (Å²) in [6, 6.07) is 7.43. The normalized spacial score (nSPS) is 27.2. The Morgan fingerprint density at radius 2 is 1.92 bits per heavy atom. The predicted octanol–water partition coefficient (Wildman–Crippen LogP) is 3.83. The Morgan fingerprint density at radius 3 is 2.50 bits per heavy atom. The number of halogens is 2. The van der Waals surface area contributed by atoms with Crippen LogP contribution in [0.3, 0.4) is 0 Å². The van der Waals surface area contributed by atoms with Crippen LogP contribution in [0.2, 0.25) is 10.0 Å². The van der Waals surface area contributed by atoms with Gasteiger partial charge in [0.2, 0.25) is 5.96 Å². The van der Waals surface area contributed by atoms with Gasteiger partial charge in [0, 0.05) is 22.0 Å². The standard InChI is InChI=1S/C16H17Cl2N3OS2/c1-16(9-24(3,22)21(2)15(19)20-16)14-6-11(8-23-14)10-4-12(17)7-13(18)5-10/h4-8H,3,9H2,1-2H3,(H2,19,20)/t16-,24?/m0/s1. The number of benzene rings is 1. The van der Waals surface area contributed by atoms with Crippen LogP contribution in [0.1, 0.15) is 11.8 Å². The molecule has 0 saturated carbocycles. The molecule has 0 amide bonds. The first kappa shape index (κ1) is 17.6. The molecule has 24 heavy (non-hydrogen) atoms. The minimum atomic E-state index is -2.49. The Kier molecular flexibility index (Phi) is 4.36. The van der Waals surface area contributed by atoms with Crippen molar-refractivity contribution >= 4 is 56.1 Å². The first-order valence-electron chi connectivity index (χ1n) is 7.10. The molecule has 2 aromatic rings. The topological polar surface area (TPSA) is 58.7 Å². The van der Waals surface area contributed by atoms with Gasteiger partial charge in [0.1, 0.15) is 5.54 Å². The molecule has 2 atom stereocenters. The van der Waals surface area contributed by atoms with Gasteiger partial charge in [-0.2, -0.15) is 0 Å². The summed E-state index contributed by atoms with van der Waals surface area (Å²) in [5.41, 5.74) is 7.20. The lowest BCUT2D eigenvalue weighted by Crippen LogP contribution is -2.50. The van der Waals surface area contributed by atoms with E-state index in [1.165, 1.54) is 4.31 Å². The molecule has 128 valence electrons. The number of hydrogen-bond donors (Lipinski definition) is 1. The molecule has 3 rings (SSSR count). The van der Waals surface area contributed by atoms with E-state index in [1.54, 1.807) is 24.5 Å². The van der Waals surface area contributed by atoms with Gasteiger partial charge in [0.05, 0.1) is 15.5 Å². The molecule has 4 nitrogen and oxygen atoms in total. The number of hydrogen-bond acceptors (Lipinski definition) is 4. The van der Waals surface area contributed by atoms with Crippen LogP contribution in [0.4, 0.5) is 0 Å². The zero-order valence-electron chi connectivity index (χ0n) is 13.3. The van der Waals surface area contributed by atoms with Crippen LogP contribution < -0.4 is 5.73 Å².